The Morgan fingerprint density at radius 3 is 2.41 bits per heavy atom. The standard InChI is InChI=1S/C10H12N2O5/c1-4(10(15)16)11-8(14)7-6(3)17-9(12-7)5(2)13/h4H,1-3H3,(H,11,14)(H,15,16)/t4-/m0/s1. The molecule has 0 spiro atoms. The highest BCUT2D eigenvalue weighted by Gasteiger charge is 2.22. The fourth-order valence-electron chi connectivity index (χ4n) is 1.08. The van der Waals surface area contributed by atoms with Gasteiger partial charge in [0.2, 0.25) is 5.78 Å². The van der Waals surface area contributed by atoms with Gasteiger partial charge in [0.25, 0.3) is 11.8 Å². The molecule has 17 heavy (non-hydrogen) atoms. The zero-order valence-corrected chi connectivity index (χ0v) is 9.60. The third-order valence-electron chi connectivity index (χ3n) is 2.03. The first kappa shape index (κ1) is 12.9. The summed E-state index contributed by atoms with van der Waals surface area (Å²) in [5.41, 5.74) is -0.0803. The second kappa shape index (κ2) is 4.77. The number of Topliss-reactive ketones (excluding diaryl/α,β-unsaturated/α-hetero) is 1. The number of ketones is 1. The predicted octanol–water partition coefficient (Wildman–Crippen LogP) is 0.389. The van der Waals surface area contributed by atoms with Crippen molar-refractivity contribution in [1.29, 1.82) is 0 Å². The number of hydrogen-bond acceptors (Lipinski definition) is 5. The minimum Gasteiger partial charge on any atom is -0.480 e. The van der Waals surface area contributed by atoms with Gasteiger partial charge < -0.3 is 14.8 Å². The van der Waals surface area contributed by atoms with Gasteiger partial charge in [-0.25, -0.2) is 4.98 Å². The molecule has 0 aromatic carbocycles. The second-order valence-corrected chi connectivity index (χ2v) is 3.51. The van der Waals surface area contributed by atoms with Crippen LogP contribution in [0.2, 0.25) is 0 Å². The van der Waals surface area contributed by atoms with Crippen molar-refractivity contribution >= 4 is 17.7 Å². The summed E-state index contributed by atoms with van der Waals surface area (Å²) in [6.45, 7) is 4.05. The first-order chi connectivity index (χ1) is 7.82. The van der Waals surface area contributed by atoms with Crippen molar-refractivity contribution in [3.05, 3.63) is 17.3 Å². The number of carboxylic acids is 1. The number of rotatable bonds is 4. The lowest BCUT2D eigenvalue weighted by Crippen LogP contribution is -2.38. The molecule has 7 heteroatoms. The summed E-state index contributed by atoms with van der Waals surface area (Å²) in [6, 6.07) is -1.04. The number of aromatic nitrogens is 1. The van der Waals surface area contributed by atoms with Gasteiger partial charge in [0.1, 0.15) is 11.8 Å². The summed E-state index contributed by atoms with van der Waals surface area (Å²) >= 11 is 0. The van der Waals surface area contributed by atoms with Gasteiger partial charge in [0.05, 0.1) is 0 Å². The van der Waals surface area contributed by atoms with Crippen LogP contribution in [0.3, 0.4) is 0 Å². The molecule has 0 aliphatic carbocycles. The third-order valence-corrected chi connectivity index (χ3v) is 2.03. The number of carbonyl (C=O) groups is 3. The van der Waals surface area contributed by atoms with E-state index in [4.69, 9.17) is 9.52 Å². The molecule has 0 aliphatic rings. The van der Waals surface area contributed by atoms with E-state index in [-0.39, 0.29) is 17.3 Å². The predicted molar refractivity (Wildman–Crippen MR) is 55.8 cm³/mol. The Kier molecular flexibility index (Phi) is 3.62. The van der Waals surface area contributed by atoms with Gasteiger partial charge in [-0.05, 0) is 13.8 Å². The molecule has 1 rings (SSSR count). The Morgan fingerprint density at radius 1 is 1.41 bits per heavy atom. The zero-order valence-electron chi connectivity index (χ0n) is 9.60. The topological polar surface area (TPSA) is 110 Å². The van der Waals surface area contributed by atoms with Gasteiger partial charge in [-0.15, -0.1) is 0 Å². The van der Waals surface area contributed by atoms with Crippen LogP contribution in [0.25, 0.3) is 0 Å². The first-order valence-electron chi connectivity index (χ1n) is 4.85. The van der Waals surface area contributed by atoms with Gasteiger partial charge in [0, 0.05) is 6.92 Å². The number of nitrogens with one attached hydrogen (secondary N) is 1. The highest BCUT2D eigenvalue weighted by molar-refractivity contribution is 5.97. The Labute approximate surface area is 96.8 Å². The molecule has 92 valence electrons. The van der Waals surface area contributed by atoms with E-state index in [2.05, 4.69) is 10.3 Å². The van der Waals surface area contributed by atoms with E-state index in [1.165, 1.54) is 20.8 Å². The van der Waals surface area contributed by atoms with E-state index >= 15 is 0 Å². The average molecular weight is 240 g/mol. The van der Waals surface area contributed by atoms with Gasteiger partial charge in [-0.2, -0.15) is 0 Å². The molecule has 0 fully saturated rings. The first-order valence-corrected chi connectivity index (χ1v) is 4.85. The van der Waals surface area contributed by atoms with Gasteiger partial charge in [-0.1, -0.05) is 0 Å². The van der Waals surface area contributed by atoms with Crippen LogP contribution in [0.1, 0.15) is 40.8 Å². The van der Waals surface area contributed by atoms with E-state index in [0.717, 1.165) is 0 Å². The zero-order chi connectivity index (χ0) is 13.2. The SMILES string of the molecule is CC(=O)c1nc(C(=O)N[C@@H](C)C(=O)O)c(C)o1. The van der Waals surface area contributed by atoms with E-state index in [9.17, 15) is 14.4 Å². The smallest absolute Gasteiger partial charge is 0.325 e. The minimum atomic E-state index is -1.16. The molecule has 1 amide bonds. The lowest BCUT2D eigenvalue weighted by molar-refractivity contribution is -0.138. The van der Waals surface area contributed by atoms with Crippen molar-refractivity contribution in [3.63, 3.8) is 0 Å². The van der Waals surface area contributed by atoms with Crippen LogP contribution in [0.4, 0.5) is 0 Å². The molecule has 1 atom stereocenters. The number of aryl methyl sites for hydroxylation is 1. The molecule has 1 aromatic rings. The van der Waals surface area contributed by atoms with Crippen molar-refractivity contribution in [2.45, 2.75) is 26.8 Å². The lowest BCUT2D eigenvalue weighted by atomic mass is 10.3. The largest absolute Gasteiger partial charge is 0.480 e. The normalized spacial score (nSPS) is 11.9. The highest BCUT2D eigenvalue weighted by atomic mass is 16.4. The maximum atomic E-state index is 11.6. The summed E-state index contributed by atoms with van der Waals surface area (Å²) in [5.74, 6) is -2.25. The molecule has 7 nitrogen and oxygen atoms in total. The number of carbonyl (C=O) groups excluding carboxylic acids is 2. The molecule has 2 N–H and O–H groups in total. The van der Waals surface area contributed by atoms with Gasteiger partial charge >= 0.3 is 5.97 Å². The number of aliphatic carboxylic acids is 1. The molecule has 0 bridgehead atoms. The number of carboxylic acid groups (broad SMARTS) is 1. The Morgan fingerprint density at radius 2 is 2.00 bits per heavy atom. The number of hydrogen-bond donors (Lipinski definition) is 2. The molecule has 1 aromatic heterocycles. The van der Waals surface area contributed by atoms with Crippen molar-refractivity contribution in [3.8, 4) is 0 Å². The van der Waals surface area contributed by atoms with Crippen LogP contribution in [0, 0.1) is 6.92 Å². The van der Waals surface area contributed by atoms with Crippen LogP contribution >= 0.6 is 0 Å². The van der Waals surface area contributed by atoms with E-state index in [1.54, 1.807) is 0 Å². The van der Waals surface area contributed by atoms with Crippen LogP contribution in [0.5, 0.6) is 0 Å². The molecule has 0 aliphatic heterocycles. The Bertz CT molecular complexity index is 477. The van der Waals surface area contributed by atoms with Crippen LogP contribution < -0.4 is 5.32 Å². The Hall–Kier alpha value is -2.18. The molecule has 0 radical (unpaired) electrons. The van der Waals surface area contributed by atoms with Crippen LogP contribution in [-0.4, -0.2) is 33.8 Å². The quantitative estimate of drug-likeness (QED) is 0.736. The summed E-state index contributed by atoms with van der Waals surface area (Å²) in [7, 11) is 0. The van der Waals surface area contributed by atoms with E-state index < -0.39 is 23.7 Å². The summed E-state index contributed by atoms with van der Waals surface area (Å²) in [5, 5.41) is 10.8. The maximum absolute atomic E-state index is 11.6. The van der Waals surface area contributed by atoms with Crippen LogP contribution in [0.15, 0.2) is 4.42 Å². The number of nitrogens with zero attached hydrogens (tertiary/aromatic N) is 1. The maximum Gasteiger partial charge on any atom is 0.325 e. The third kappa shape index (κ3) is 2.90. The van der Waals surface area contributed by atoms with E-state index in [0.29, 0.717) is 0 Å². The lowest BCUT2D eigenvalue weighted by Gasteiger charge is -2.07. The van der Waals surface area contributed by atoms with Crippen molar-refractivity contribution in [2.24, 2.45) is 0 Å². The summed E-state index contributed by atoms with van der Waals surface area (Å²) in [6.07, 6.45) is 0. The minimum absolute atomic E-state index is 0.0803. The molecular weight excluding hydrogens is 228 g/mol. The fraction of sp³-hybridized carbons (Fsp3) is 0.400. The molecule has 0 unspecified atom stereocenters. The van der Waals surface area contributed by atoms with Gasteiger partial charge in [0.15, 0.2) is 5.69 Å². The monoisotopic (exact) mass is 240 g/mol. The second-order valence-electron chi connectivity index (χ2n) is 3.51. The molecular formula is C10H12N2O5. The molecule has 1 heterocycles. The fourth-order valence-corrected chi connectivity index (χ4v) is 1.08. The average Bonchev–Trinajstić information content (AvgIpc) is 2.60. The van der Waals surface area contributed by atoms with E-state index in [1.807, 2.05) is 0 Å². The number of amides is 1. The molecule has 0 saturated carbocycles. The van der Waals surface area contributed by atoms with Crippen molar-refractivity contribution in [2.75, 3.05) is 0 Å². The van der Waals surface area contributed by atoms with Crippen LogP contribution in [-0.2, 0) is 4.79 Å². The number of oxazole rings is 1. The highest BCUT2D eigenvalue weighted by Crippen LogP contribution is 2.10. The van der Waals surface area contributed by atoms with Crippen molar-refractivity contribution in [1.82, 2.24) is 10.3 Å². The molecule has 0 saturated heterocycles. The van der Waals surface area contributed by atoms with Crippen molar-refractivity contribution < 1.29 is 23.9 Å². The Balaban J connectivity index is 2.89. The summed E-state index contributed by atoms with van der Waals surface area (Å²) < 4.78 is 4.97. The summed E-state index contributed by atoms with van der Waals surface area (Å²) in [4.78, 5) is 36.8. The van der Waals surface area contributed by atoms with Gasteiger partial charge in [-0.3, -0.25) is 14.4 Å².